The number of rotatable bonds is 5. The third-order valence-corrected chi connectivity index (χ3v) is 3.67. The standard InChI is InChI=1S/C13H17N3O4S/c1-8(2)13-15-12(16-20-13)7-19-10-5-4-9(3)6-11(10)21(14,17)18/h4-6,8H,7H2,1-3H3,(H2,14,17,18). The van der Waals surface area contributed by atoms with E-state index in [9.17, 15) is 8.42 Å². The number of benzene rings is 1. The summed E-state index contributed by atoms with van der Waals surface area (Å²) in [4.78, 5) is 4.09. The summed E-state index contributed by atoms with van der Waals surface area (Å²) in [5.74, 6) is 1.13. The molecule has 1 heterocycles. The molecule has 2 N–H and O–H groups in total. The highest BCUT2D eigenvalue weighted by molar-refractivity contribution is 7.89. The van der Waals surface area contributed by atoms with Crippen LogP contribution in [0.2, 0.25) is 0 Å². The molecule has 0 atom stereocenters. The average molecular weight is 311 g/mol. The predicted octanol–water partition coefficient (Wildman–Crippen LogP) is 1.73. The number of nitrogens with two attached hydrogens (primary N) is 1. The molecular weight excluding hydrogens is 294 g/mol. The lowest BCUT2D eigenvalue weighted by molar-refractivity contribution is 0.278. The van der Waals surface area contributed by atoms with E-state index in [1.807, 2.05) is 13.8 Å². The van der Waals surface area contributed by atoms with Gasteiger partial charge in [0.05, 0.1) is 0 Å². The maximum absolute atomic E-state index is 11.6. The van der Waals surface area contributed by atoms with Crippen LogP contribution in [0.15, 0.2) is 27.6 Å². The van der Waals surface area contributed by atoms with Crippen molar-refractivity contribution in [1.82, 2.24) is 10.1 Å². The Morgan fingerprint density at radius 3 is 2.67 bits per heavy atom. The number of ether oxygens (including phenoxy) is 1. The predicted molar refractivity (Wildman–Crippen MR) is 75.3 cm³/mol. The summed E-state index contributed by atoms with van der Waals surface area (Å²) in [6, 6.07) is 4.75. The van der Waals surface area contributed by atoms with Gasteiger partial charge in [-0.2, -0.15) is 4.98 Å². The molecule has 2 aromatic rings. The fourth-order valence-electron chi connectivity index (χ4n) is 1.66. The van der Waals surface area contributed by atoms with E-state index in [2.05, 4.69) is 10.1 Å². The molecule has 21 heavy (non-hydrogen) atoms. The summed E-state index contributed by atoms with van der Waals surface area (Å²) in [5, 5.41) is 8.95. The molecule has 7 nitrogen and oxygen atoms in total. The smallest absolute Gasteiger partial charge is 0.241 e. The van der Waals surface area contributed by atoms with Gasteiger partial charge >= 0.3 is 0 Å². The fourth-order valence-corrected chi connectivity index (χ4v) is 2.42. The van der Waals surface area contributed by atoms with Gasteiger partial charge in [-0.05, 0) is 24.6 Å². The first-order chi connectivity index (χ1) is 9.77. The zero-order valence-electron chi connectivity index (χ0n) is 12.0. The lowest BCUT2D eigenvalue weighted by atomic mass is 10.2. The maximum Gasteiger partial charge on any atom is 0.241 e. The van der Waals surface area contributed by atoms with Crippen LogP contribution in [0.25, 0.3) is 0 Å². The van der Waals surface area contributed by atoms with Gasteiger partial charge in [-0.1, -0.05) is 25.1 Å². The van der Waals surface area contributed by atoms with Gasteiger partial charge < -0.3 is 9.26 Å². The molecule has 0 aliphatic rings. The summed E-state index contributed by atoms with van der Waals surface area (Å²) in [6.07, 6.45) is 0. The van der Waals surface area contributed by atoms with Crippen molar-refractivity contribution in [2.24, 2.45) is 5.14 Å². The molecule has 0 unspecified atom stereocenters. The van der Waals surface area contributed by atoms with E-state index in [-0.39, 0.29) is 23.2 Å². The van der Waals surface area contributed by atoms with Crippen LogP contribution in [0, 0.1) is 6.92 Å². The lowest BCUT2D eigenvalue weighted by Crippen LogP contribution is -2.14. The summed E-state index contributed by atoms with van der Waals surface area (Å²) in [6.45, 7) is 5.63. The Hall–Kier alpha value is -1.93. The molecule has 0 amide bonds. The van der Waals surface area contributed by atoms with Gasteiger partial charge in [0.15, 0.2) is 6.61 Å². The second-order valence-electron chi connectivity index (χ2n) is 4.99. The summed E-state index contributed by atoms with van der Waals surface area (Å²) in [5.41, 5.74) is 0.771. The molecule has 0 saturated heterocycles. The SMILES string of the molecule is Cc1ccc(OCc2noc(C(C)C)n2)c(S(N)(=O)=O)c1. The fraction of sp³-hybridized carbons (Fsp3) is 0.385. The lowest BCUT2D eigenvalue weighted by Gasteiger charge is -2.09. The molecular formula is C13H17N3O4S. The van der Waals surface area contributed by atoms with Gasteiger partial charge in [-0.15, -0.1) is 0 Å². The van der Waals surface area contributed by atoms with Gasteiger partial charge in [-0.3, -0.25) is 0 Å². The molecule has 114 valence electrons. The highest BCUT2D eigenvalue weighted by Crippen LogP contribution is 2.24. The number of nitrogens with zero attached hydrogens (tertiary/aromatic N) is 2. The van der Waals surface area contributed by atoms with E-state index in [0.29, 0.717) is 11.7 Å². The summed E-state index contributed by atoms with van der Waals surface area (Å²) < 4.78 is 33.6. The van der Waals surface area contributed by atoms with Crippen LogP contribution < -0.4 is 9.88 Å². The van der Waals surface area contributed by atoms with Crippen LogP contribution in [0.4, 0.5) is 0 Å². The Labute approximate surface area is 123 Å². The van der Waals surface area contributed by atoms with Crippen molar-refractivity contribution in [3.63, 3.8) is 0 Å². The summed E-state index contributed by atoms with van der Waals surface area (Å²) in [7, 11) is -3.86. The Bertz CT molecular complexity index is 738. The minimum absolute atomic E-state index is 0.00179. The zero-order chi connectivity index (χ0) is 15.6. The van der Waals surface area contributed by atoms with E-state index in [1.165, 1.54) is 6.07 Å². The van der Waals surface area contributed by atoms with Crippen LogP contribution in [0.1, 0.15) is 37.0 Å². The Morgan fingerprint density at radius 2 is 2.10 bits per heavy atom. The van der Waals surface area contributed by atoms with Gasteiger partial charge in [0, 0.05) is 5.92 Å². The third kappa shape index (κ3) is 3.79. The van der Waals surface area contributed by atoms with E-state index < -0.39 is 10.0 Å². The monoisotopic (exact) mass is 311 g/mol. The van der Waals surface area contributed by atoms with Gasteiger partial charge in [0.2, 0.25) is 21.7 Å². The van der Waals surface area contributed by atoms with Crippen molar-refractivity contribution >= 4 is 10.0 Å². The highest BCUT2D eigenvalue weighted by atomic mass is 32.2. The molecule has 1 aromatic heterocycles. The van der Waals surface area contributed by atoms with Gasteiger partial charge in [0.1, 0.15) is 10.6 Å². The summed E-state index contributed by atoms with van der Waals surface area (Å²) >= 11 is 0. The molecule has 0 aliphatic carbocycles. The van der Waals surface area contributed by atoms with Crippen LogP contribution >= 0.6 is 0 Å². The van der Waals surface area contributed by atoms with E-state index in [0.717, 1.165) is 5.56 Å². The minimum Gasteiger partial charge on any atom is -0.484 e. The van der Waals surface area contributed by atoms with E-state index in [1.54, 1.807) is 19.1 Å². The first-order valence-corrected chi connectivity index (χ1v) is 7.90. The van der Waals surface area contributed by atoms with Crippen molar-refractivity contribution < 1.29 is 17.7 Å². The van der Waals surface area contributed by atoms with Crippen molar-refractivity contribution in [2.45, 2.75) is 38.2 Å². The molecule has 0 saturated carbocycles. The topological polar surface area (TPSA) is 108 Å². The van der Waals surface area contributed by atoms with Crippen molar-refractivity contribution in [2.75, 3.05) is 0 Å². The molecule has 1 aromatic carbocycles. The van der Waals surface area contributed by atoms with E-state index in [4.69, 9.17) is 14.4 Å². The highest BCUT2D eigenvalue weighted by Gasteiger charge is 2.17. The minimum atomic E-state index is -3.86. The number of hydrogen-bond donors (Lipinski definition) is 1. The van der Waals surface area contributed by atoms with Crippen LogP contribution in [0.3, 0.4) is 0 Å². The Balaban J connectivity index is 2.20. The van der Waals surface area contributed by atoms with Crippen molar-refractivity contribution in [3.05, 3.63) is 35.5 Å². The Morgan fingerprint density at radius 1 is 1.38 bits per heavy atom. The quantitative estimate of drug-likeness (QED) is 0.900. The average Bonchev–Trinajstić information content (AvgIpc) is 2.85. The molecule has 0 aliphatic heterocycles. The normalized spacial score (nSPS) is 11.9. The molecule has 8 heteroatoms. The van der Waals surface area contributed by atoms with Gasteiger partial charge in [-0.25, -0.2) is 13.6 Å². The molecule has 0 spiro atoms. The van der Waals surface area contributed by atoms with Crippen molar-refractivity contribution in [1.29, 1.82) is 0 Å². The van der Waals surface area contributed by atoms with E-state index >= 15 is 0 Å². The zero-order valence-corrected chi connectivity index (χ0v) is 12.8. The van der Waals surface area contributed by atoms with Crippen LogP contribution in [0.5, 0.6) is 5.75 Å². The second-order valence-corrected chi connectivity index (χ2v) is 6.52. The number of hydrogen-bond acceptors (Lipinski definition) is 6. The Kier molecular flexibility index (Phi) is 4.29. The number of aromatic nitrogens is 2. The van der Waals surface area contributed by atoms with Crippen LogP contribution in [-0.2, 0) is 16.6 Å². The second kappa shape index (κ2) is 5.82. The largest absolute Gasteiger partial charge is 0.484 e. The molecule has 0 radical (unpaired) electrons. The molecule has 2 rings (SSSR count). The number of aryl methyl sites for hydroxylation is 1. The maximum atomic E-state index is 11.6. The first kappa shape index (κ1) is 15.5. The number of primary sulfonamides is 1. The van der Waals surface area contributed by atoms with Crippen LogP contribution in [-0.4, -0.2) is 18.6 Å². The van der Waals surface area contributed by atoms with Crippen molar-refractivity contribution in [3.8, 4) is 5.75 Å². The molecule has 0 bridgehead atoms. The van der Waals surface area contributed by atoms with Gasteiger partial charge in [0.25, 0.3) is 0 Å². The third-order valence-electron chi connectivity index (χ3n) is 2.74. The molecule has 0 fully saturated rings. The first-order valence-electron chi connectivity index (χ1n) is 6.36. The number of sulfonamides is 1.